The summed E-state index contributed by atoms with van der Waals surface area (Å²) in [6.45, 7) is 1.99. The molecule has 0 heterocycles. The van der Waals surface area contributed by atoms with Gasteiger partial charge in [-0.25, -0.2) is 4.79 Å². The van der Waals surface area contributed by atoms with E-state index in [4.69, 9.17) is 4.74 Å². The van der Waals surface area contributed by atoms with Gasteiger partial charge in [-0.05, 0) is 30.2 Å². The molecule has 0 fully saturated rings. The van der Waals surface area contributed by atoms with Crippen molar-refractivity contribution < 1.29 is 14.6 Å². The van der Waals surface area contributed by atoms with Gasteiger partial charge in [0.1, 0.15) is 0 Å². The van der Waals surface area contributed by atoms with Gasteiger partial charge in [-0.1, -0.05) is 78.4 Å². The van der Waals surface area contributed by atoms with Gasteiger partial charge in [-0.3, -0.25) is 0 Å². The topological polar surface area (TPSA) is 58.6 Å². The summed E-state index contributed by atoms with van der Waals surface area (Å²) in [5.41, 5.74) is 1.23. The Labute approximate surface area is 159 Å². The van der Waals surface area contributed by atoms with E-state index < -0.39 is 17.6 Å². The van der Waals surface area contributed by atoms with Crippen molar-refractivity contribution in [2.24, 2.45) is 0 Å². The van der Waals surface area contributed by atoms with Crippen molar-refractivity contribution in [2.45, 2.75) is 18.6 Å². The predicted octanol–water partition coefficient (Wildman–Crippen LogP) is 4.21. The molecule has 0 saturated carbocycles. The molecule has 0 saturated heterocycles. The molecule has 0 aliphatic rings. The summed E-state index contributed by atoms with van der Waals surface area (Å²) < 4.78 is 5.00. The summed E-state index contributed by atoms with van der Waals surface area (Å²) in [7, 11) is 1.28. The molecule has 0 bridgehead atoms. The summed E-state index contributed by atoms with van der Waals surface area (Å²) in [5.74, 6) is -0.720. The lowest BCUT2D eigenvalue weighted by Gasteiger charge is -2.35. The minimum atomic E-state index is -1.90. The van der Waals surface area contributed by atoms with Gasteiger partial charge in [0.2, 0.25) is 5.60 Å². The molecule has 4 nitrogen and oxygen atoms in total. The van der Waals surface area contributed by atoms with Crippen LogP contribution >= 0.6 is 0 Å². The molecule has 3 rings (SSSR count). The van der Waals surface area contributed by atoms with Crippen LogP contribution in [-0.2, 0) is 15.1 Å². The Morgan fingerprint density at radius 1 is 0.926 bits per heavy atom. The van der Waals surface area contributed by atoms with Crippen LogP contribution in [0, 0.1) is 6.92 Å². The number of nitrogens with one attached hydrogen (secondary N) is 1. The van der Waals surface area contributed by atoms with Crippen LogP contribution in [0.3, 0.4) is 0 Å². The monoisotopic (exact) mass is 361 g/mol. The molecular weight excluding hydrogens is 338 g/mol. The molecular formula is C23H23NO3. The molecule has 4 heteroatoms. The first kappa shape index (κ1) is 18.7. The van der Waals surface area contributed by atoms with Gasteiger partial charge < -0.3 is 15.2 Å². The molecule has 0 amide bonds. The number of esters is 1. The highest BCUT2D eigenvalue weighted by Crippen LogP contribution is 2.39. The second-order valence-corrected chi connectivity index (χ2v) is 6.48. The van der Waals surface area contributed by atoms with Gasteiger partial charge >= 0.3 is 5.97 Å². The van der Waals surface area contributed by atoms with Crippen LogP contribution in [0.2, 0.25) is 0 Å². The van der Waals surface area contributed by atoms with Gasteiger partial charge in [-0.2, -0.15) is 0 Å². The van der Waals surface area contributed by atoms with Crippen molar-refractivity contribution in [3.05, 3.63) is 102 Å². The normalized spacial score (nSPS) is 14.0. The molecule has 0 aromatic heterocycles. The fraction of sp³-hybridized carbons (Fsp3) is 0.174. The van der Waals surface area contributed by atoms with E-state index in [0.717, 1.165) is 16.8 Å². The lowest BCUT2D eigenvalue weighted by atomic mass is 9.82. The maximum absolute atomic E-state index is 12.8. The van der Waals surface area contributed by atoms with Gasteiger partial charge in [0.25, 0.3) is 0 Å². The van der Waals surface area contributed by atoms with Gasteiger partial charge in [0, 0.05) is 5.69 Å². The van der Waals surface area contributed by atoms with Crippen LogP contribution in [0.25, 0.3) is 0 Å². The third-order valence-corrected chi connectivity index (χ3v) is 4.62. The molecule has 0 aliphatic carbocycles. The summed E-state index contributed by atoms with van der Waals surface area (Å²) in [6.07, 6.45) is 0. The van der Waals surface area contributed by atoms with Crippen LogP contribution in [0.5, 0.6) is 0 Å². The lowest BCUT2D eigenvalue weighted by Crippen LogP contribution is -2.45. The van der Waals surface area contributed by atoms with E-state index in [1.165, 1.54) is 7.11 Å². The van der Waals surface area contributed by atoms with E-state index in [1.54, 1.807) is 24.3 Å². The molecule has 2 N–H and O–H groups in total. The largest absolute Gasteiger partial charge is 0.467 e. The average molecular weight is 361 g/mol. The molecule has 138 valence electrons. The van der Waals surface area contributed by atoms with Crippen molar-refractivity contribution in [1.29, 1.82) is 0 Å². The number of aliphatic hydroxyl groups is 1. The Hall–Kier alpha value is -3.11. The quantitative estimate of drug-likeness (QED) is 0.646. The minimum absolute atomic E-state index is 0.464. The van der Waals surface area contributed by atoms with Crippen molar-refractivity contribution in [1.82, 2.24) is 0 Å². The molecule has 3 aromatic carbocycles. The van der Waals surface area contributed by atoms with Crippen LogP contribution in [0.15, 0.2) is 84.9 Å². The van der Waals surface area contributed by atoms with Crippen LogP contribution < -0.4 is 5.32 Å². The molecule has 0 aliphatic heterocycles. The molecule has 27 heavy (non-hydrogen) atoms. The summed E-state index contributed by atoms with van der Waals surface area (Å²) >= 11 is 0. The summed E-state index contributed by atoms with van der Waals surface area (Å²) in [5, 5.41) is 15.0. The van der Waals surface area contributed by atoms with Gasteiger partial charge in [-0.15, -0.1) is 0 Å². The SMILES string of the molecule is COC(=O)[C@@](O)(c1ccccc1)[C@@H](Nc1ccccc1)c1ccc(C)cc1. The molecule has 3 aromatic rings. The minimum Gasteiger partial charge on any atom is -0.467 e. The Morgan fingerprint density at radius 3 is 2.04 bits per heavy atom. The van der Waals surface area contributed by atoms with E-state index in [1.807, 2.05) is 67.6 Å². The Bertz CT molecular complexity index is 879. The molecule has 2 atom stereocenters. The number of carbonyl (C=O) groups is 1. The van der Waals surface area contributed by atoms with Crippen LogP contribution in [0.4, 0.5) is 5.69 Å². The molecule has 0 unspecified atom stereocenters. The zero-order valence-electron chi connectivity index (χ0n) is 15.4. The fourth-order valence-corrected chi connectivity index (χ4v) is 3.14. The number of anilines is 1. The van der Waals surface area contributed by atoms with E-state index in [2.05, 4.69) is 5.32 Å². The first-order valence-corrected chi connectivity index (χ1v) is 8.80. The van der Waals surface area contributed by atoms with Crippen LogP contribution in [-0.4, -0.2) is 18.2 Å². The number of rotatable bonds is 6. The number of hydrogen-bond donors (Lipinski definition) is 2. The van der Waals surface area contributed by atoms with Crippen molar-refractivity contribution >= 4 is 11.7 Å². The number of ether oxygens (including phenoxy) is 1. The van der Waals surface area contributed by atoms with E-state index in [0.29, 0.717) is 5.56 Å². The maximum Gasteiger partial charge on any atom is 0.345 e. The number of hydrogen-bond acceptors (Lipinski definition) is 4. The van der Waals surface area contributed by atoms with E-state index in [9.17, 15) is 9.90 Å². The molecule has 0 radical (unpaired) electrons. The summed E-state index contributed by atoms with van der Waals surface area (Å²) in [6, 6.07) is 25.4. The lowest BCUT2D eigenvalue weighted by molar-refractivity contribution is -0.165. The Morgan fingerprint density at radius 2 is 1.48 bits per heavy atom. The smallest absolute Gasteiger partial charge is 0.345 e. The zero-order valence-corrected chi connectivity index (χ0v) is 15.4. The predicted molar refractivity (Wildman–Crippen MR) is 106 cm³/mol. The van der Waals surface area contributed by atoms with E-state index >= 15 is 0 Å². The number of aryl methyl sites for hydroxylation is 1. The molecule has 0 spiro atoms. The van der Waals surface area contributed by atoms with Crippen LogP contribution in [0.1, 0.15) is 22.7 Å². The number of carbonyl (C=O) groups excluding carboxylic acids is 1. The van der Waals surface area contributed by atoms with Crippen molar-refractivity contribution in [3.8, 4) is 0 Å². The highest BCUT2D eigenvalue weighted by molar-refractivity contribution is 5.83. The number of benzene rings is 3. The van der Waals surface area contributed by atoms with Crippen molar-refractivity contribution in [3.63, 3.8) is 0 Å². The number of methoxy groups -OCH3 is 1. The third kappa shape index (κ3) is 3.86. The number of para-hydroxylation sites is 1. The van der Waals surface area contributed by atoms with Crippen molar-refractivity contribution in [2.75, 3.05) is 12.4 Å². The first-order valence-electron chi connectivity index (χ1n) is 8.80. The highest BCUT2D eigenvalue weighted by atomic mass is 16.5. The van der Waals surface area contributed by atoms with Gasteiger partial charge in [0.05, 0.1) is 13.2 Å². The van der Waals surface area contributed by atoms with E-state index in [-0.39, 0.29) is 0 Å². The summed E-state index contributed by atoms with van der Waals surface area (Å²) in [4.78, 5) is 12.8. The highest BCUT2D eigenvalue weighted by Gasteiger charge is 2.47. The zero-order chi connectivity index (χ0) is 19.3. The third-order valence-electron chi connectivity index (χ3n) is 4.62. The standard InChI is InChI=1S/C23H23NO3/c1-17-13-15-18(16-14-17)21(24-20-11-7-4-8-12-20)23(26,22(25)27-2)19-9-5-3-6-10-19/h3-16,21,24,26H,1-2H3/t21-,23+/m0/s1. The average Bonchev–Trinajstić information content (AvgIpc) is 2.73. The Kier molecular flexibility index (Phi) is 5.57. The first-order chi connectivity index (χ1) is 13.1. The fourth-order valence-electron chi connectivity index (χ4n) is 3.14. The second kappa shape index (κ2) is 8.06. The maximum atomic E-state index is 12.8. The second-order valence-electron chi connectivity index (χ2n) is 6.48. The Balaban J connectivity index is 2.15. The van der Waals surface area contributed by atoms with Gasteiger partial charge in [0.15, 0.2) is 0 Å².